The van der Waals surface area contributed by atoms with Crippen molar-refractivity contribution in [1.29, 1.82) is 0 Å². The summed E-state index contributed by atoms with van der Waals surface area (Å²) in [6, 6.07) is 6.20. The number of anilines is 2. The van der Waals surface area contributed by atoms with Crippen molar-refractivity contribution in [2.24, 2.45) is 0 Å². The number of aromatic nitrogens is 2. The third kappa shape index (κ3) is 2.81. The molecular formula is C12H15N5O3. The lowest BCUT2D eigenvalue weighted by Gasteiger charge is -2.10. The Hall–Kier alpha value is -2.74. The zero-order valence-corrected chi connectivity index (χ0v) is 10.8. The lowest BCUT2D eigenvalue weighted by atomic mass is 10.0. The van der Waals surface area contributed by atoms with E-state index in [1.54, 1.807) is 12.1 Å². The highest BCUT2D eigenvalue weighted by atomic mass is 16.6. The molecule has 0 radical (unpaired) electrons. The molecule has 0 saturated heterocycles. The summed E-state index contributed by atoms with van der Waals surface area (Å²) in [4.78, 5) is 18.4. The lowest BCUT2D eigenvalue weighted by molar-refractivity contribution is -0.384. The molecule has 0 unspecified atom stereocenters. The molecule has 0 amide bonds. The summed E-state index contributed by atoms with van der Waals surface area (Å²) in [5.74, 6) is 0.327. The van der Waals surface area contributed by atoms with Crippen molar-refractivity contribution in [3.63, 3.8) is 0 Å². The predicted molar refractivity (Wildman–Crippen MR) is 75.9 cm³/mol. The van der Waals surface area contributed by atoms with Crippen LogP contribution in [0.3, 0.4) is 0 Å². The molecule has 106 valence electrons. The number of nitrogens with zero attached hydrogens (tertiary/aromatic N) is 3. The molecule has 0 fully saturated rings. The van der Waals surface area contributed by atoms with Gasteiger partial charge in [-0.2, -0.15) is 4.98 Å². The van der Waals surface area contributed by atoms with Gasteiger partial charge in [0.2, 0.25) is 5.95 Å². The number of non-ortho nitro benzene ring substituents is 1. The molecule has 0 saturated carbocycles. The average Bonchev–Trinajstić information content (AvgIpc) is 2.37. The summed E-state index contributed by atoms with van der Waals surface area (Å²) in [7, 11) is 0. The summed E-state index contributed by atoms with van der Waals surface area (Å²) in [6.45, 7) is 1.90. The summed E-state index contributed by atoms with van der Waals surface area (Å²) >= 11 is 0. The minimum absolute atomic E-state index is 0. The number of hydrogen-bond donors (Lipinski definition) is 2. The van der Waals surface area contributed by atoms with Gasteiger partial charge in [-0.3, -0.25) is 10.1 Å². The van der Waals surface area contributed by atoms with Crippen LogP contribution in [0.2, 0.25) is 0 Å². The molecule has 0 aliphatic rings. The Balaban J connectivity index is 0.00000200. The van der Waals surface area contributed by atoms with E-state index in [1.807, 2.05) is 6.92 Å². The van der Waals surface area contributed by atoms with Gasteiger partial charge in [0.25, 0.3) is 5.69 Å². The van der Waals surface area contributed by atoms with Gasteiger partial charge in [0.05, 0.1) is 10.6 Å². The van der Waals surface area contributed by atoms with Gasteiger partial charge in [0.15, 0.2) is 0 Å². The smallest absolute Gasteiger partial charge is 0.270 e. The molecule has 6 N–H and O–H groups in total. The number of rotatable bonds is 3. The first-order chi connectivity index (χ1) is 9.02. The molecule has 1 heterocycles. The molecule has 20 heavy (non-hydrogen) atoms. The van der Waals surface area contributed by atoms with Gasteiger partial charge in [-0.25, -0.2) is 4.98 Å². The van der Waals surface area contributed by atoms with Crippen LogP contribution in [0.5, 0.6) is 0 Å². The van der Waals surface area contributed by atoms with Crippen molar-refractivity contribution in [2.75, 3.05) is 11.5 Å². The van der Waals surface area contributed by atoms with E-state index in [0.29, 0.717) is 23.2 Å². The molecule has 1 aromatic carbocycles. The minimum atomic E-state index is -0.455. The van der Waals surface area contributed by atoms with E-state index in [2.05, 4.69) is 9.97 Å². The molecule has 0 aliphatic heterocycles. The average molecular weight is 277 g/mol. The van der Waals surface area contributed by atoms with Crippen molar-refractivity contribution in [2.45, 2.75) is 13.3 Å². The molecule has 1 aromatic heterocycles. The van der Waals surface area contributed by atoms with Gasteiger partial charge in [-0.15, -0.1) is 0 Å². The van der Waals surface area contributed by atoms with Gasteiger partial charge in [0, 0.05) is 17.7 Å². The number of nitrogens with two attached hydrogens (primary N) is 2. The van der Waals surface area contributed by atoms with Gasteiger partial charge in [0.1, 0.15) is 5.82 Å². The van der Waals surface area contributed by atoms with E-state index in [9.17, 15) is 10.1 Å². The zero-order chi connectivity index (χ0) is 14.0. The maximum atomic E-state index is 10.8. The van der Waals surface area contributed by atoms with Crippen LogP contribution in [-0.2, 0) is 6.42 Å². The van der Waals surface area contributed by atoms with E-state index in [0.717, 1.165) is 0 Å². The van der Waals surface area contributed by atoms with E-state index < -0.39 is 4.92 Å². The number of hydrogen-bond acceptors (Lipinski definition) is 6. The van der Waals surface area contributed by atoms with Gasteiger partial charge in [-0.05, 0) is 12.0 Å². The Kier molecular flexibility index (Phi) is 4.54. The Morgan fingerprint density at radius 2 is 2.00 bits per heavy atom. The third-order valence-corrected chi connectivity index (χ3v) is 2.71. The molecular weight excluding hydrogens is 262 g/mol. The molecule has 8 nitrogen and oxygen atoms in total. The third-order valence-electron chi connectivity index (χ3n) is 2.71. The van der Waals surface area contributed by atoms with E-state index in [1.165, 1.54) is 12.1 Å². The molecule has 0 atom stereocenters. The molecule has 8 heteroatoms. The van der Waals surface area contributed by atoms with E-state index >= 15 is 0 Å². The predicted octanol–water partition coefficient (Wildman–Crippen LogP) is 0.954. The SMILES string of the molecule is CCc1nc(N)nc(N)c1-c1cccc([N+](=O)[O-])c1.O. The van der Waals surface area contributed by atoms with Crippen molar-refractivity contribution in [3.8, 4) is 11.1 Å². The number of nitro groups is 1. The maximum Gasteiger partial charge on any atom is 0.270 e. The quantitative estimate of drug-likeness (QED) is 0.629. The minimum Gasteiger partial charge on any atom is -0.412 e. The Morgan fingerprint density at radius 3 is 2.60 bits per heavy atom. The first kappa shape index (κ1) is 15.3. The maximum absolute atomic E-state index is 10.8. The first-order valence-corrected chi connectivity index (χ1v) is 5.69. The fourth-order valence-corrected chi connectivity index (χ4v) is 1.89. The van der Waals surface area contributed by atoms with Crippen LogP contribution < -0.4 is 11.5 Å². The Bertz CT molecular complexity index is 645. The van der Waals surface area contributed by atoms with Crippen LogP contribution >= 0.6 is 0 Å². The summed E-state index contributed by atoms with van der Waals surface area (Å²) in [6.07, 6.45) is 0.606. The number of nitrogen functional groups attached to an aromatic ring is 2. The number of aryl methyl sites for hydroxylation is 1. The summed E-state index contributed by atoms with van der Waals surface area (Å²) in [5.41, 5.74) is 13.3. The largest absolute Gasteiger partial charge is 0.412 e. The summed E-state index contributed by atoms with van der Waals surface area (Å²) in [5, 5.41) is 10.8. The second-order valence-electron chi connectivity index (χ2n) is 3.95. The highest BCUT2D eigenvalue weighted by Crippen LogP contribution is 2.30. The monoisotopic (exact) mass is 277 g/mol. The first-order valence-electron chi connectivity index (χ1n) is 5.69. The van der Waals surface area contributed by atoms with Crippen LogP contribution in [0.1, 0.15) is 12.6 Å². The number of nitro benzene ring substituents is 1. The highest BCUT2D eigenvalue weighted by molar-refractivity contribution is 5.78. The Morgan fingerprint density at radius 1 is 1.30 bits per heavy atom. The number of benzene rings is 1. The standard InChI is InChI=1S/C12H13N5O2.H2O/c1-2-9-10(11(13)16-12(14)15-9)7-4-3-5-8(6-7)17(18)19;/h3-6H,2H2,1H3,(H4,13,14,15,16);1H2. The Labute approximate surface area is 114 Å². The van der Waals surface area contributed by atoms with Crippen molar-refractivity contribution >= 4 is 17.5 Å². The molecule has 2 aromatic rings. The van der Waals surface area contributed by atoms with Crippen molar-refractivity contribution in [3.05, 3.63) is 40.1 Å². The summed E-state index contributed by atoms with van der Waals surface area (Å²) < 4.78 is 0. The van der Waals surface area contributed by atoms with Crippen LogP contribution in [0, 0.1) is 10.1 Å². The van der Waals surface area contributed by atoms with Crippen LogP contribution in [-0.4, -0.2) is 20.4 Å². The fraction of sp³-hybridized carbons (Fsp3) is 0.167. The molecule has 0 aliphatic carbocycles. The van der Waals surface area contributed by atoms with Crippen molar-refractivity contribution < 1.29 is 10.4 Å². The molecule has 0 spiro atoms. The normalized spacial score (nSPS) is 9.85. The zero-order valence-electron chi connectivity index (χ0n) is 10.8. The fourth-order valence-electron chi connectivity index (χ4n) is 1.89. The molecule has 0 bridgehead atoms. The second-order valence-corrected chi connectivity index (χ2v) is 3.95. The van der Waals surface area contributed by atoms with Crippen molar-refractivity contribution in [1.82, 2.24) is 9.97 Å². The van der Waals surface area contributed by atoms with Crippen LogP contribution in [0.25, 0.3) is 11.1 Å². The topological polar surface area (TPSA) is 152 Å². The van der Waals surface area contributed by atoms with E-state index in [4.69, 9.17) is 11.5 Å². The van der Waals surface area contributed by atoms with Crippen LogP contribution in [0.4, 0.5) is 17.5 Å². The van der Waals surface area contributed by atoms with E-state index in [-0.39, 0.29) is 22.9 Å². The lowest BCUT2D eigenvalue weighted by Crippen LogP contribution is -2.06. The van der Waals surface area contributed by atoms with Gasteiger partial charge in [-0.1, -0.05) is 19.1 Å². The molecule has 2 rings (SSSR count). The van der Waals surface area contributed by atoms with Gasteiger partial charge < -0.3 is 16.9 Å². The van der Waals surface area contributed by atoms with Gasteiger partial charge >= 0.3 is 0 Å². The highest BCUT2D eigenvalue weighted by Gasteiger charge is 2.15. The second kappa shape index (κ2) is 5.93. The van der Waals surface area contributed by atoms with Crippen LogP contribution in [0.15, 0.2) is 24.3 Å².